The number of carbonyl (C=O) groups is 2. The van der Waals surface area contributed by atoms with Crippen LogP contribution >= 0.6 is 11.6 Å². The molecule has 1 saturated heterocycles. The highest BCUT2D eigenvalue weighted by molar-refractivity contribution is 6.32. The molecule has 1 aliphatic rings. The van der Waals surface area contributed by atoms with Crippen LogP contribution in [0, 0.1) is 5.92 Å². The Kier molecular flexibility index (Phi) is 8.19. The van der Waals surface area contributed by atoms with Gasteiger partial charge in [0.05, 0.1) is 25.2 Å². The number of carbonyl (C=O) groups excluding carboxylic acids is 2. The lowest BCUT2D eigenvalue weighted by Crippen LogP contribution is -2.40. The van der Waals surface area contributed by atoms with E-state index in [1.54, 1.807) is 32.4 Å². The van der Waals surface area contributed by atoms with Crippen LogP contribution < -0.4 is 10.1 Å². The van der Waals surface area contributed by atoms with E-state index < -0.39 is 0 Å². The molecule has 0 bridgehead atoms. The van der Waals surface area contributed by atoms with E-state index >= 15 is 0 Å². The summed E-state index contributed by atoms with van der Waals surface area (Å²) in [6, 6.07) is 5.16. The van der Waals surface area contributed by atoms with Gasteiger partial charge in [-0.25, -0.2) is 0 Å². The molecule has 2 amide bonds. The van der Waals surface area contributed by atoms with Crippen molar-refractivity contribution in [1.29, 1.82) is 0 Å². The van der Waals surface area contributed by atoms with Crippen LogP contribution in [0.3, 0.4) is 0 Å². The maximum absolute atomic E-state index is 12.2. The van der Waals surface area contributed by atoms with E-state index in [4.69, 9.17) is 21.1 Å². The van der Waals surface area contributed by atoms with Gasteiger partial charge in [-0.05, 0) is 43.4 Å². The molecule has 7 heteroatoms. The standard InChI is InChI=1S/C19H27ClN2O4/c1-25-11-9-19(24)22-10-3-4-14(13-22)5-8-18(23)21-15-6-7-17(26-2)16(20)12-15/h6-7,12,14H,3-5,8-11,13H2,1-2H3,(H,21,23)/t14-/m0/s1. The number of rotatable bonds is 8. The van der Waals surface area contributed by atoms with Gasteiger partial charge in [-0.15, -0.1) is 0 Å². The number of piperidine rings is 1. The fourth-order valence-electron chi connectivity index (χ4n) is 3.18. The summed E-state index contributed by atoms with van der Waals surface area (Å²) < 4.78 is 10.1. The SMILES string of the molecule is COCCC(=O)N1CCC[C@@H](CCC(=O)Nc2ccc(OC)c(Cl)c2)C1. The number of hydrogen-bond acceptors (Lipinski definition) is 4. The summed E-state index contributed by atoms with van der Waals surface area (Å²) in [7, 11) is 3.15. The summed E-state index contributed by atoms with van der Waals surface area (Å²) in [5.74, 6) is 1.02. The van der Waals surface area contributed by atoms with Crippen LogP contribution in [-0.2, 0) is 14.3 Å². The fraction of sp³-hybridized carbons (Fsp3) is 0.579. The molecule has 0 aliphatic carbocycles. The first-order valence-corrected chi connectivity index (χ1v) is 9.31. The maximum atomic E-state index is 12.2. The van der Waals surface area contributed by atoms with Crippen molar-refractivity contribution in [2.24, 2.45) is 5.92 Å². The second-order valence-electron chi connectivity index (χ2n) is 6.53. The summed E-state index contributed by atoms with van der Waals surface area (Å²) in [5.41, 5.74) is 0.654. The Balaban J connectivity index is 1.77. The molecule has 0 spiro atoms. The first kappa shape index (κ1) is 20.5. The van der Waals surface area contributed by atoms with Gasteiger partial charge in [-0.3, -0.25) is 9.59 Å². The first-order valence-electron chi connectivity index (χ1n) is 8.93. The number of ether oxygens (including phenoxy) is 2. The van der Waals surface area contributed by atoms with Crippen molar-refractivity contribution >= 4 is 29.1 Å². The molecule has 1 heterocycles. The van der Waals surface area contributed by atoms with E-state index in [9.17, 15) is 9.59 Å². The average Bonchev–Trinajstić information content (AvgIpc) is 2.65. The minimum absolute atomic E-state index is 0.0472. The average molecular weight is 383 g/mol. The molecule has 6 nitrogen and oxygen atoms in total. The highest BCUT2D eigenvalue weighted by atomic mass is 35.5. The third-order valence-corrected chi connectivity index (χ3v) is 4.90. The molecule has 1 fully saturated rings. The summed E-state index contributed by atoms with van der Waals surface area (Å²) in [6.07, 6.45) is 3.65. The zero-order valence-corrected chi connectivity index (χ0v) is 16.2. The minimum Gasteiger partial charge on any atom is -0.495 e. The minimum atomic E-state index is -0.0472. The van der Waals surface area contributed by atoms with Gasteiger partial charge in [-0.1, -0.05) is 11.6 Å². The van der Waals surface area contributed by atoms with Crippen molar-refractivity contribution < 1.29 is 19.1 Å². The van der Waals surface area contributed by atoms with Crippen molar-refractivity contribution in [1.82, 2.24) is 4.90 Å². The van der Waals surface area contributed by atoms with E-state index in [0.717, 1.165) is 32.4 Å². The normalized spacial score (nSPS) is 17.0. The topological polar surface area (TPSA) is 67.9 Å². The predicted octanol–water partition coefficient (Wildman–Crippen LogP) is 3.34. The highest BCUT2D eigenvalue weighted by Crippen LogP contribution is 2.27. The largest absolute Gasteiger partial charge is 0.495 e. The molecule has 0 aromatic heterocycles. The summed E-state index contributed by atoms with van der Waals surface area (Å²) in [4.78, 5) is 26.2. The Bertz CT molecular complexity index is 624. The molecule has 1 aromatic carbocycles. The lowest BCUT2D eigenvalue weighted by Gasteiger charge is -2.32. The monoisotopic (exact) mass is 382 g/mol. The van der Waals surface area contributed by atoms with Gasteiger partial charge >= 0.3 is 0 Å². The Morgan fingerprint density at radius 2 is 2.12 bits per heavy atom. The summed E-state index contributed by atoms with van der Waals surface area (Å²) >= 11 is 6.07. The van der Waals surface area contributed by atoms with Crippen LogP contribution in [0.4, 0.5) is 5.69 Å². The Morgan fingerprint density at radius 3 is 2.81 bits per heavy atom. The van der Waals surface area contributed by atoms with Gasteiger partial charge in [-0.2, -0.15) is 0 Å². The zero-order valence-electron chi connectivity index (χ0n) is 15.4. The van der Waals surface area contributed by atoms with Gasteiger partial charge < -0.3 is 19.7 Å². The van der Waals surface area contributed by atoms with Gasteiger partial charge in [0, 0.05) is 32.3 Å². The molecule has 0 unspecified atom stereocenters. The molecular formula is C19H27ClN2O4. The molecule has 1 atom stereocenters. The number of halogens is 1. The van der Waals surface area contributed by atoms with E-state index in [1.807, 2.05) is 4.90 Å². The van der Waals surface area contributed by atoms with Crippen LogP contribution in [0.2, 0.25) is 5.02 Å². The molecule has 0 radical (unpaired) electrons. The predicted molar refractivity (Wildman–Crippen MR) is 102 cm³/mol. The smallest absolute Gasteiger partial charge is 0.224 e. The number of methoxy groups -OCH3 is 2. The maximum Gasteiger partial charge on any atom is 0.224 e. The number of nitrogens with zero attached hydrogens (tertiary/aromatic N) is 1. The molecule has 0 saturated carbocycles. The molecule has 26 heavy (non-hydrogen) atoms. The zero-order chi connectivity index (χ0) is 18.9. The summed E-state index contributed by atoms with van der Waals surface area (Å²) in [6.45, 7) is 1.98. The van der Waals surface area contributed by atoms with E-state index in [2.05, 4.69) is 5.32 Å². The molecule has 1 N–H and O–H groups in total. The Morgan fingerprint density at radius 1 is 1.31 bits per heavy atom. The van der Waals surface area contributed by atoms with E-state index in [1.165, 1.54) is 0 Å². The van der Waals surface area contributed by atoms with Crippen molar-refractivity contribution in [3.63, 3.8) is 0 Å². The first-order chi connectivity index (χ1) is 12.5. The van der Waals surface area contributed by atoms with Crippen molar-refractivity contribution in [3.8, 4) is 5.75 Å². The lowest BCUT2D eigenvalue weighted by atomic mass is 9.93. The molecule has 144 valence electrons. The van der Waals surface area contributed by atoms with E-state index in [-0.39, 0.29) is 11.8 Å². The number of anilines is 1. The molecular weight excluding hydrogens is 356 g/mol. The second kappa shape index (κ2) is 10.4. The molecule has 1 aromatic rings. The van der Waals surface area contributed by atoms with Crippen molar-refractivity contribution in [2.75, 3.05) is 39.2 Å². The van der Waals surface area contributed by atoms with Gasteiger partial charge in [0.25, 0.3) is 0 Å². The van der Waals surface area contributed by atoms with Crippen molar-refractivity contribution in [2.45, 2.75) is 32.1 Å². The lowest BCUT2D eigenvalue weighted by molar-refractivity contribution is -0.134. The van der Waals surface area contributed by atoms with E-state index in [0.29, 0.717) is 41.8 Å². The second-order valence-corrected chi connectivity index (χ2v) is 6.93. The third kappa shape index (κ3) is 6.18. The quantitative estimate of drug-likeness (QED) is 0.748. The number of amides is 2. The Hall–Kier alpha value is -1.79. The van der Waals surface area contributed by atoms with Crippen LogP contribution in [0.5, 0.6) is 5.75 Å². The fourth-order valence-corrected chi connectivity index (χ4v) is 3.44. The van der Waals surface area contributed by atoms with Gasteiger partial charge in [0.15, 0.2) is 0 Å². The van der Waals surface area contributed by atoms with Crippen LogP contribution in [-0.4, -0.2) is 50.6 Å². The summed E-state index contributed by atoms with van der Waals surface area (Å²) in [5, 5.41) is 3.32. The van der Waals surface area contributed by atoms with Crippen LogP contribution in [0.25, 0.3) is 0 Å². The van der Waals surface area contributed by atoms with Crippen molar-refractivity contribution in [3.05, 3.63) is 23.2 Å². The number of likely N-dealkylation sites (tertiary alicyclic amines) is 1. The van der Waals surface area contributed by atoms with Gasteiger partial charge in [0.1, 0.15) is 5.75 Å². The third-order valence-electron chi connectivity index (χ3n) is 4.61. The number of nitrogens with one attached hydrogen (secondary N) is 1. The molecule has 2 rings (SSSR count). The highest BCUT2D eigenvalue weighted by Gasteiger charge is 2.23. The van der Waals surface area contributed by atoms with Crippen LogP contribution in [0.1, 0.15) is 32.1 Å². The van der Waals surface area contributed by atoms with Gasteiger partial charge in [0.2, 0.25) is 11.8 Å². The Labute approximate surface area is 159 Å². The molecule has 1 aliphatic heterocycles. The number of hydrogen-bond donors (Lipinski definition) is 1. The van der Waals surface area contributed by atoms with Crippen LogP contribution in [0.15, 0.2) is 18.2 Å². The number of benzene rings is 1.